The van der Waals surface area contributed by atoms with E-state index in [4.69, 9.17) is 24.1 Å². The number of aryl methyl sites for hydroxylation is 1. The van der Waals surface area contributed by atoms with Crippen LogP contribution in [0.3, 0.4) is 0 Å². The molecule has 0 radical (unpaired) electrons. The van der Waals surface area contributed by atoms with Crippen LogP contribution in [0.2, 0.25) is 0 Å². The highest BCUT2D eigenvalue weighted by Gasteiger charge is 2.44. The molecule has 2 heterocycles. The molecular formula is C34H51N5O10S. The van der Waals surface area contributed by atoms with E-state index >= 15 is 0 Å². The van der Waals surface area contributed by atoms with Gasteiger partial charge in [-0.2, -0.15) is 0 Å². The van der Waals surface area contributed by atoms with Gasteiger partial charge in [-0.1, -0.05) is 45.0 Å². The third-order valence-electron chi connectivity index (χ3n) is 7.82. The van der Waals surface area contributed by atoms with Crippen LogP contribution >= 0.6 is 11.3 Å². The Hall–Kier alpha value is -3.67. The van der Waals surface area contributed by atoms with Gasteiger partial charge in [0, 0.05) is 32.5 Å². The number of carboxylic acid groups (broad SMARTS) is 1. The van der Waals surface area contributed by atoms with Crippen LogP contribution in [0.5, 0.6) is 0 Å². The first-order chi connectivity index (χ1) is 23.9. The van der Waals surface area contributed by atoms with Gasteiger partial charge in [-0.25, -0.2) is 9.78 Å². The molecule has 0 aliphatic carbocycles. The molecule has 1 saturated heterocycles. The Bertz CT molecular complexity index is 1370. The molecular weight excluding hydrogens is 670 g/mol. The first-order valence-electron chi connectivity index (χ1n) is 16.7. The zero-order chi connectivity index (χ0) is 36.5. The van der Waals surface area contributed by atoms with Crippen molar-refractivity contribution in [3.8, 4) is 10.4 Å². The number of ether oxygens (including phenoxy) is 4. The topological polar surface area (TPSA) is 198 Å². The number of thiazole rings is 1. The van der Waals surface area contributed by atoms with Gasteiger partial charge >= 0.3 is 6.09 Å². The highest BCUT2D eigenvalue weighted by molar-refractivity contribution is 7.13. The fourth-order valence-electron chi connectivity index (χ4n) is 5.17. The second-order valence-electron chi connectivity index (χ2n) is 12.9. The highest BCUT2D eigenvalue weighted by atomic mass is 32.1. The third kappa shape index (κ3) is 13.9. The number of likely N-dealkylation sites (tertiary alicyclic amines) is 1. The van der Waals surface area contributed by atoms with Crippen molar-refractivity contribution in [1.82, 2.24) is 25.8 Å². The van der Waals surface area contributed by atoms with Crippen LogP contribution in [0.15, 0.2) is 29.8 Å². The molecule has 4 amide bonds. The SMILES string of the molecule is Cc1ncsc1-c1ccc(CNC(=O)[C@@H]2C[C@@H](O)CN2C(=O)C(NC(=O)CCOCCOCCOCCOCCNC(=O)O)C(C)(C)C)cc1. The van der Waals surface area contributed by atoms with Gasteiger partial charge in [-0.15, -0.1) is 11.3 Å². The normalized spacial score (nSPS) is 16.6. The van der Waals surface area contributed by atoms with Gasteiger partial charge in [-0.05, 0) is 23.5 Å². The maximum absolute atomic E-state index is 13.8. The summed E-state index contributed by atoms with van der Waals surface area (Å²) in [6, 6.07) is 6.06. The quantitative estimate of drug-likeness (QED) is 0.118. The van der Waals surface area contributed by atoms with E-state index in [0.717, 1.165) is 21.7 Å². The largest absolute Gasteiger partial charge is 0.465 e. The monoisotopic (exact) mass is 721 g/mol. The fourth-order valence-corrected chi connectivity index (χ4v) is 5.98. The third-order valence-corrected chi connectivity index (χ3v) is 8.80. The van der Waals surface area contributed by atoms with E-state index in [-0.39, 0.29) is 64.1 Å². The Labute approximate surface area is 297 Å². The smallest absolute Gasteiger partial charge is 0.404 e. The molecule has 0 saturated carbocycles. The van der Waals surface area contributed by atoms with Gasteiger partial charge in [0.15, 0.2) is 0 Å². The van der Waals surface area contributed by atoms with Crippen molar-refractivity contribution in [3.63, 3.8) is 0 Å². The molecule has 278 valence electrons. The van der Waals surface area contributed by atoms with Gasteiger partial charge in [-0.3, -0.25) is 14.4 Å². The van der Waals surface area contributed by atoms with E-state index in [9.17, 15) is 24.3 Å². The van der Waals surface area contributed by atoms with E-state index in [1.54, 1.807) is 11.3 Å². The number of amides is 4. The summed E-state index contributed by atoms with van der Waals surface area (Å²) in [6.07, 6.45) is -1.82. The summed E-state index contributed by atoms with van der Waals surface area (Å²) in [5, 5.41) is 26.8. The number of aliphatic hydroxyl groups excluding tert-OH is 1. The molecule has 1 aromatic heterocycles. The van der Waals surface area contributed by atoms with Gasteiger partial charge < -0.3 is 50.0 Å². The Morgan fingerprint density at radius 1 is 0.940 bits per heavy atom. The zero-order valence-corrected chi connectivity index (χ0v) is 30.1. The lowest BCUT2D eigenvalue weighted by Gasteiger charge is -2.35. The standard InChI is InChI=1S/C34H51N5O10S/c1-23-29(50-22-37-23)25-7-5-24(6-8-25)20-36-31(42)27-19-26(40)21-39(27)32(43)30(34(2,3)4)38-28(41)9-11-46-13-15-48-17-18-49-16-14-47-12-10-35-33(44)45/h5-8,22,26-27,30,35,40H,9-21H2,1-4H3,(H,36,42)(H,38,41)(H,44,45)/t26-,27+,30?/m1/s1. The van der Waals surface area contributed by atoms with Gasteiger partial charge in [0.05, 0.1) is 75.0 Å². The number of aliphatic hydroxyl groups is 1. The summed E-state index contributed by atoms with van der Waals surface area (Å²) in [4.78, 5) is 57.0. The highest BCUT2D eigenvalue weighted by Crippen LogP contribution is 2.28. The predicted molar refractivity (Wildman–Crippen MR) is 186 cm³/mol. The van der Waals surface area contributed by atoms with Crippen LogP contribution in [0.4, 0.5) is 4.79 Å². The van der Waals surface area contributed by atoms with Crippen LogP contribution in [-0.2, 0) is 39.9 Å². The lowest BCUT2D eigenvalue weighted by atomic mass is 9.85. The molecule has 15 nitrogen and oxygen atoms in total. The number of rotatable bonds is 21. The lowest BCUT2D eigenvalue weighted by molar-refractivity contribution is -0.144. The average molecular weight is 722 g/mol. The Kier molecular flexibility index (Phi) is 17.0. The zero-order valence-electron chi connectivity index (χ0n) is 29.3. The number of hydrogen-bond donors (Lipinski definition) is 5. The molecule has 1 unspecified atom stereocenters. The summed E-state index contributed by atoms with van der Waals surface area (Å²) >= 11 is 1.57. The molecule has 3 rings (SSSR count). The molecule has 0 spiro atoms. The molecule has 1 aromatic carbocycles. The number of hydrogen-bond acceptors (Lipinski definition) is 11. The lowest BCUT2D eigenvalue weighted by Crippen LogP contribution is -2.57. The number of carbonyl (C=O) groups excluding carboxylic acids is 3. The van der Waals surface area contributed by atoms with Crippen LogP contribution in [0, 0.1) is 12.3 Å². The van der Waals surface area contributed by atoms with Crippen molar-refractivity contribution in [1.29, 1.82) is 0 Å². The summed E-state index contributed by atoms with van der Waals surface area (Å²) in [7, 11) is 0. The maximum atomic E-state index is 13.8. The fraction of sp³-hybridized carbons (Fsp3) is 0.618. The molecule has 50 heavy (non-hydrogen) atoms. The number of nitrogens with one attached hydrogen (secondary N) is 3. The first kappa shape index (κ1) is 40.8. The van der Waals surface area contributed by atoms with Crippen molar-refractivity contribution in [3.05, 3.63) is 41.0 Å². The Morgan fingerprint density at radius 3 is 2.10 bits per heavy atom. The number of benzene rings is 1. The average Bonchev–Trinajstić information content (AvgIpc) is 3.68. The van der Waals surface area contributed by atoms with Crippen molar-refractivity contribution in [2.75, 3.05) is 65.9 Å². The second-order valence-corrected chi connectivity index (χ2v) is 13.7. The molecule has 0 bridgehead atoms. The second kappa shape index (κ2) is 20.9. The van der Waals surface area contributed by atoms with Crippen LogP contribution in [0.25, 0.3) is 10.4 Å². The van der Waals surface area contributed by atoms with Crippen molar-refractivity contribution < 1.29 is 48.3 Å². The number of nitrogens with zero attached hydrogens (tertiary/aromatic N) is 2. The molecule has 2 aromatic rings. The minimum atomic E-state index is -1.09. The predicted octanol–water partition coefficient (Wildman–Crippen LogP) is 1.95. The molecule has 1 fully saturated rings. The Morgan fingerprint density at radius 2 is 1.54 bits per heavy atom. The number of aromatic nitrogens is 1. The van der Waals surface area contributed by atoms with Gasteiger partial charge in [0.25, 0.3) is 0 Å². The molecule has 1 aliphatic rings. The summed E-state index contributed by atoms with van der Waals surface area (Å²) in [5.74, 6) is -1.16. The molecule has 16 heteroatoms. The minimum absolute atomic E-state index is 0.00346. The summed E-state index contributed by atoms with van der Waals surface area (Å²) < 4.78 is 21.5. The maximum Gasteiger partial charge on any atom is 0.404 e. The number of carbonyl (C=O) groups is 4. The van der Waals surface area contributed by atoms with E-state index in [2.05, 4.69) is 20.9 Å². The van der Waals surface area contributed by atoms with E-state index in [1.807, 2.05) is 57.5 Å². The first-order valence-corrected chi connectivity index (χ1v) is 17.6. The van der Waals surface area contributed by atoms with Crippen molar-refractivity contribution in [2.24, 2.45) is 5.41 Å². The van der Waals surface area contributed by atoms with Crippen molar-refractivity contribution in [2.45, 2.75) is 65.3 Å². The van der Waals surface area contributed by atoms with Crippen LogP contribution < -0.4 is 16.0 Å². The van der Waals surface area contributed by atoms with E-state index in [1.165, 1.54) is 4.90 Å². The molecule has 3 atom stereocenters. The summed E-state index contributed by atoms with van der Waals surface area (Å²) in [5.41, 5.74) is 4.05. The van der Waals surface area contributed by atoms with Gasteiger partial charge in [0.1, 0.15) is 12.1 Å². The van der Waals surface area contributed by atoms with Crippen LogP contribution in [0.1, 0.15) is 44.9 Å². The Balaban J connectivity index is 1.36. The van der Waals surface area contributed by atoms with Crippen molar-refractivity contribution >= 4 is 35.2 Å². The minimum Gasteiger partial charge on any atom is -0.465 e. The summed E-state index contributed by atoms with van der Waals surface area (Å²) in [6.45, 7) is 10.3. The van der Waals surface area contributed by atoms with Crippen LogP contribution in [-0.4, -0.2) is 128 Å². The van der Waals surface area contributed by atoms with Gasteiger partial charge in [0.2, 0.25) is 17.7 Å². The molecule has 1 aliphatic heterocycles. The van der Waals surface area contributed by atoms with E-state index < -0.39 is 35.6 Å². The van der Waals surface area contributed by atoms with E-state index in [0.29, 0.717) is 33.0 Å². The number of β-amino-alcohol motifs (C(OH)–C–C–N with tert-alkyl or cyclic N) is 1. The molecule has 5 N–H and O–H groups in total.